The van der Waals surface area contributed by atoms with Crippen LogP contribution in [-0.4, -0.2) is 26.5 Å². The van der Waals surface area contributed by atoms with E-state index in [1.54, 1.807) is 17.1 Å². The van der Waals surface area contributed by atoms with Crippen LogP contribution in [0.3, 0.4) is 0 Å². The molecule has 1 saturated heterocycles. The third kappa shape index (κ3) is 3.58. The SMILES string of the molecule is CCc1ccc(S(=O)(=O)NN2CCCCC2)cc1CN. The van der Waals surface area contributed by atoms with Crippen molar-refractivity contribution in [3.05, 3.63) is 29.3 Å². The van der Waals surface area contributed by atoms with Crippen LogP contribution in [0.1, 0.15) is 37.3 Å². The zero-order valence-electron chi connectivity index (χ0n) is 11.9. The van der Waals surface area contributed by atoms with Crippen molar-refractivity contribution >= 4 is 10.0 Å². The molecule has 1 aromatic carbocycles. The molecule has 3 N–H and O–H groups in total. The minimum Gasteiger partial charge on any atom is -0.326 e. The van der Waals surface area contributed by atoms with Gasteiger partial charge < -0.3 is 5.73 Å². The average Bonchev–Trinajstić information content (AvgIpc) is 2.47. The Morgan fingerprint density at radius 2 is 1.90 bits per heavy atom. The van der Waals surface area contributed by atoms with Crippen LogP contribution in [0.2, 0.25) is 0 Å². The van der Waals surface area contributed by atoms with Gasteiger partial charge in [-0.05, 0) is 42.5 Å². The van der Waals surface area contributed by atoms with E-state index in [0.717, 1.165) is 43.5 Å². The van der Waals surface area contributed by atoms with Crippen LogP contribution in [0, 0.1) is 0 Å². The first-order valence-corrected chi connectivity index (χ1v) is 8.64. The lowest BCUT2D eigenvalue weighted by Gasteiger charge is -2.26. The maximum atomic E-state index is 12.4. The first-order chi connectivity index (χ1) is 9.56. The molecule has 1 aromatic rings. The van der Waals surface area contributed by atoms with Crippen molar-refractivity contribution in [2.24, 2.45) is 5.73 Å². The highest BCUT2D eigenvalue weighted by molar-refractivity contribution is 7.89. The van der Waals surface area contributed by atoms with Crippen LogP contribution in [0.5, 0.6) is 0 Å². The van der Waals surface area contributed by atoms with Gasteiger partial charge in [0, 0.05) is 19.6 Å². The van der Waals surface area contributed by atoms with Crippen LogP contribution in [-0.2, 0) is 23.0 Å². The van der Waals surface area contributed by atoms with Crippen LogP contribution >= 0.6 is 0 Å². The fourth-order valence-electron chi connectivity index (χ4n) is 2.51. The second kappa shape index (κ2) is 6.67. The molecule has 0 spiro atoms. The van der Waals surface area contributed by atoms with E-state index in [4.69, 9.17) is 5.73 Å². The largest absolute Gasteiger partial charge is 0.326 e. The first-order valence-electron chi connectivity index (χ1n) is 7.16. The first kappa shape index (κ1) is 15.4. The quantitative estimate of drug-likeness (QED) is 0.861. The van der Waals surface area contributed by atoms with E-state index < -0.39 is 10.0 Å². The molecular weight excluding hydrogens is 274 g/mol. The van der Waals surface area contributed by atoms with Crippen molar-refractivity contribution in [3.63, 3.8) is 0 Å². The molecule has 0 saturated carbocycles. The lowest BCUT2D eigenvalue weighted by molar-refractivity contribution is 0.200. The molecular formula is C14H23N3O2S. The number of hydrazine groups is 1. The summed E-state index contributed by atoms with van der Waals surface area (Å²) in [6, 6.07) is 5.20. The minimum atomic E-state index is -3.50. The molecule has 112 valence electrons. The predicted octanol–water partition coefficient (Wildman–Crippen LogP) is 1.39. The molecule has 0 unspecified atom stereocenters. The average molecular weight is 297 g/mol. The monoisotopic (exact) mass is 297 g/mol. The molecule has 0 amide bonds. The summed E-state index contributed by atoms with van der Waals surface area (Å²) in [4.78, 5) is 2.96. The van der Waals surface area contributed by atoms with Crippen molar-refractivity contribution in [1.82, 2.24) is 9.84 Å². The molecule has 0 aliphatic carbocycles. The molecule has 1 fully saturated rings. The van der Waals surface area contributed by atoms with Crippen molar-refractivity contribution in [2.75, 3.05) is 13.1 Å². The van der Waals surface area contributed by atoms with Gasteiger partial charge >= 0.3 is 0 Å². The summed E-state index contributed by atoms with van der Waals surface area (Å²) < 4.78 is 24.7. The second-order valence-corrected chi connectivity index (χ2v) is 6.79. The molecule has 0 aromatic heterocycles. The summed E-state index contributed by atoms with van der Waals surface area (Å²) in [5, 5.41) is 1.79. The van der Waals surface area contributed by atoms with Crippen LogP contribution in [0.15, 0.2) is 23.1 Å². The van der Waals surface area contributed by atoms with Gasteiger partial charge in [-0.25, -0.2) is 13.4 Å². The van der Waals surface area contributed by atoms with E-state index in [1.165, 1.54) is 6.42 Å². The summed E-state index contributed by atoms with van der Waals surface area (Å²) in [5.41, 5.74) is 7.70. The number of sulfonamides is 1. The van der Waals surface area contributed by atoms with Gasteiger partial charge in [0.25, 0.3) is 10.0 Å². The summed E-state index contributed by atoms with van der Waals surface area (Å²) >= 11 is 0. The molecule has 0 atom stereocenters. The van der Waals surface area contributed by atoms with Gasteiger partial charge in [0.05, 0.1) is 4.90 Å². The number of nitrogens with one attached hydrogen (secondary N) is 1. The Balaban J connectivity index is 2.20. The van der Waals surface area contributed by atoms with E-state index in [0.29, 0.717) is 11.4 Å². The summed E-state index contributed by atoms with van der Waals surface area (Å²) in [5.74, 6) is 0. The third-order valence-electron chi connectivity index (χ3n) is 3.69. The van der Waals surface area contributed by atoms with Crippen molar-refractivity contribution < 1.29 is 8.42 Å². The van der Waals surface area contributed by atoms with Gasteiger partial charge in [0.2, 0.25) is 0 Å². The smallest absolute Gasteiger partial charge is 0.253 e. The zero-order valence-corrected chi connectivity index (χ0v) is 12.7. The van der Waals surface area contributed by atoms with Crippen molar-refractivity contribution in [3.8, 4) is 0 Å². The normalized spacial score (nSPS) is 17.3. The third-order valence-corrected chi connectivity index (χ3v) is 5.07. The molecule has 20 heavy (non-hydrogen) atoms. The number of hydrogen-bond acceptors (Lipinski definition) is 4. The number of benzene rings is 1. The Bertz CT molecular complexity index is 552. The number of hydrogen-bond donors (Lipinski definition) is 2. The maximum absolute atomic E-state index is 12.4. The van der Waals surface area contributed by atoms with Gasteiger partial charge in [-0.3, -0.25) is 0 Å². The topological polar surface area (TPSA) is 75.4 Å². The summed E-state index contributed by atoms with van der Waals surface area (Å²) in [7, 11) is -3.50. The fraction of sp³-hybridized carbons (Fsp3) is 0.571. The van der Waals surface area contributed by atoms with Crippen LogP contribution < -0.4 is 10.6 Å². The lowest BCUT2D eigenvalue weighted by Crippen LogP contribution is -2.44. The molecule has 1 heterocycles. The molecule has 5 nitrogen and oxygen atoms in total. The Kier molecular flexibility index (Phi) is 5.15. The highest BCUT2D eigenvalue weighted by Crippen LogP contribution is 2.17. The highest BCUT2D eigenvalue weighted by atomic mass is 32.2. The number of nitrogens with two attached hydrogens (primary N) is 1. The van der Waals surface area contributed by atoms with E-state index in [2.05, 4.69) is 4.83 Å². The fourth-order valence-corrected chi connectivity index (χ4v) is 3.68. The summed E-state index contributed by atoms with van der Waals surface area (Å²) in [6.45, 7) is 3.94. The second-order valence-electron chi connectivity index (χ2n) is 5.13. The summed E-state index contributed by atoms with van der Waals surface area (Å²) in [6.07, 6.45) is 4.09. The molecule has 1 aliphatic heterocycles. The molecule has 1 aliphatic rings. The molecule has 0 bridgehead atoms. The standard InChI is InChI=1S/C14H23N3O2S/c1-2-12-6-7-14(10-13(12)11-15)20(18,19)16-17-8-4-3-5-9-17/h6-7,10,16H,2-5,8-9,11,15H2,1H3. The lowest BCUT2D eigenvalue weighted by atomic mass is 10.1. The van der Waals surface area contributed by atoms with E-state index in [1.807, 2.05) is 13.0 Å². The number of nitrogens with zero attached hydrogens (tertiary/aromatic N) is 1. The number of aryl methyl sites for hydroxylation is 1. The van der Waals surface area contributed by atoms with Crippen LogP contribution in [0.25, 0.3) is 0 Å². The number of rotatable bonds is 5. The number of piperidine rings is 1. The van der Waals surface area contributed by atoms with Gasteiger partial charge in [-0.15, -0.1) is 4.83 Å². The minimum absolute atomic E-state index is 0.292. The Morgan fingerprint density at radius 3 is 2.50 bits per heavy atom. The maximum Gasteiger partial charge on any atom is 0.253 e. The zero-order chi connectivity index (χ0) is 14.6. The van der Waals surface area contributed by atoms with Crippen molar-refractivity contribution in [1.29, 1.82) is 0 Å². The van der Waals surface area contributed by atoms with Crippen molar-refractivity contribution in [2.45, 2.75) is 44.0 Å². The molecule has 6 heteroatoms. The Labute approximate surface area is 121 Å². The molecule has 0 radical (unpaired) electrons. The van der Waals surface area contributed by atoms with Gasteiger partial charge in [-0.2, -0.15) is 0 Å². The Morgan fingerprint density at radius 1 is 1.20 bits per heavy atom. The van der Waals surface area contributed by atoms with Gasteiger partial charge in [0.15, 0.2) is 0 Å². The molecule has 2 rings (SSSR count). The van der Waals surface area contributed by atoms with Crippen LogP contribution in [0.4, 0.5) is 0 Å². The van der Waals surface area contributed by atoms with E-state index in [9.17, 15) is 8.42 Å². The van der Waals surface area contributed by atoms with Gasteiger partial charge in [0.1, 0.15) is 0 Å². The van der Waals surface area contributed by atoms with E-state index >= 15 is 0 Å². The van der Waals surface area contributed by atoms with Gasteiger partial charge in [-0.1, -0.05) is 19.4 Å². The Hall–Kier alpha value is -0.950. The highest BCUT2D eigenvalue weighted by Gasteiger charge is 2.20. The van der Waals surface area contributed by atoms with E-state index in [-0.39, 0.29) is 0 Å². The predicted molar refractivity (Wildman–Crippen MR) is 79.5 cm³/mol.